The predicted octanol–water partition coefficient (Wildman–Crippen LogP) is 5.73. The van der Waals surface area contributed by atoms with E-state index in [1.54, 1.807) is 19.2 Å². The van der Waals surface area contributed by atoms with Gasteiger partial charge in [-0.25, -0.2) is 4.98 Å². The lowest BCUT2D eigenvalue weighted by molar-refractivity contribution is -0.137. The van der Waals surface area contributed by atoms with Gasteiger partial charge in [-0.3, -0.25) is 4.79 Å². The van der Waals surface area contributed by atoms with E-state index in [2.05, 4.69) is 10.3 Å². The zero-order valence-electron chi connectivity index (χ0n) is 14.5. The minimum absolute atomic E-state index is 0.0835. The van der Waals surface area contributed by atoms with E-state index in [0.717, 1.165) is 28.4 Å². The topological polar surface area (TPSA) is 51.2 Å². The number of nitrogens with zero attached hydrogens (tertiary/aromatic N) is 1. The number of alkyl halides is 3. The molecule has 0 atom stereocenters. The number of aromatic nitrogens is 1. The number of benzene rings is 2. The van der Waals surface area contributed by atoms with Crippen LogP contribution in [0.1, 0.15) is 15.2 Å². The SMILES string of the molecule is COc1ccc2cc3cc(C(=O)Nc4cccc(C(F)(F)F)c4)sc3nc2c1. The van der Waals surface area contributed by atoms with Crippen molar-refractivity contribution in [1.82, 2.24) is 4.98 Å². The largest absolute Gasteiger partial charge is 0.497 e. The van der Waals surface area contributed by atoms with Crippen LogP contribution < -0.4 is 10.1 Å². The van der Waals surface area contributed by atoms with Gasteiger partial charge in [0.05, 0.1) is 23.1 Å². The zero-order chi connectivity index (χ0) is 19.9. The monoisotopic (exact) mass is 402 g/mol. The molecule has 0 spiro atoms. The first-order valence-corrected chi connectivity index (χ1v) is 9.02. The van der Waals surface area contributed by atoms with Gasteiger partial charge in [0.25, 0.3) is 5.91 Å². The van der Waals surface area contributed by atoms with E-state index in [4.69, 9.17) is 4.74 Å². The Balaban J connectivity index is 1.65. The summed E-state index contributed by atoms with van der Waals surface area (Å²) in [5, 5.41) is 4.20. The maximum Gasteiger partial charge on any atom is 0.416 e. The Kier molecular flexibility index (Phi) is 4.43. The number of pyridine rings is 1. The average molecular weight is 402 g/mol. The number of fused-ring (bicyclic) bond motifs is 2. The van der Waals surface area contributed by atoms with Crippen molar-refractivity contribution >= 4 is 44.1 Å². The fourth-order valence-corrected chi connectivity index (χ4v) is 3.73. The summed E-state index contributed by atoms with van der Waals surface area (Å²) in [6.07, 6.45) is -4.47. The Labute approximate surface area is 161 Å². The molecule has 1 amide bonds. The molecule has 142 valence electrons. The number of carbonyl (C=O) groups excluding carboxylic acids is 1. The second-order valence-corrected chi connectivity index (χ2v) is 7.12. The van der Waals surface area contributed by atoms with Gasteiger partial charge in [0.1, 0.15) is 10.6 Å². The van der Waals surface area contributed by atoms with Gasteiger partial charge >= 0.3 is 6.18 Å². The van der Waals surface area contributed by atoms with Crippen LogP contribution in [0.2, 0.25) is 0 Å². The van der Waals surface area contributed by atoms with Crippen molar-refractivity contribution in [3.05, 3.63) is 65.0 Å². The lowest BCUT2D eigenvalue weighted by atomic mass is 10.2. The molecule has 2 aromatic heterocycles. The lowest BCUT2D eigenvalue weighted by Crippen LogP contribution is -2.11. The number of carbonyl (C=O) groups is 1. The minimum Gasteiger partial charge on any atom is -0.497 e. The highest BCUT2D eigenvalue weighted by Gasteiger charge is 2.30. The molecule has 0 unspecified atom stereocenters. The highest BCUT2D eigenvalue weighted by molar-refractivity contribution is 7.20. The van der Waals surface area contributed by atoms with Crippen LogP contribution in [0.25, 0.3) is 21.1 Å². The van der Waals surface area contributed by atoms with Gasteiger partial charge in [-0.1, -0.05) is 6.07 Å². The third-order valence-corrected chi connectivity index (χ3v) is 5.23. The molecule has 0 fully saturated rings. The Morgan fingerprint density at radius 2 is 1.89 bits per heavy atom. The molecule has 0 radical (unpaired) electrons. The van der Waals surface area contributed by atoms with Crippen LogP contribution in [-0.2, 0) is 6.18 Å². The molecule has 0 bridgehead atoms. The first-order valence-electron chi connectivity index (χ1n) is 8.20. The molecule has 4 nitrogen and oxygen atoms in total. The lowest BCUT2D eigenvalue weighted by Gasteiger charge is -2.09. The van der Waals surface area contributed by atoms with E-state index in [1.807, 2.05) is 18.2 Å². The number of anilines is 1. The number of ether oxygens (including phenoxy) is 1. The summed E-state index contributed by atoms with van der Waals surface area (Å²) in [5.41, 5.74) is 0.00202. The van der Waals surface area contributed by atoms with E-state index >= 15 is 0 Å². The van der Waals surface area contributed by atoms with Gasteiger partial charge in [-0.2, -0.15) is 13.2 Å². The van der Waals surface area contributed by atoms with Crippen LogP contribution in [0.5, 0.6) is 5.75 Å². The quantitative estimate of drug-likeness (QED) is 0.476. The van der Waals surface area contributed by atoms with E-state index in [-0.39, 0.29) is 5.69 Å². The molecular weight excluding hydrogens is 389 g/mol. The Hall–Kier alpha value is -3.13. The first kappa shape index (κ1) is 18.2. The summed E-state index contributed by atoms with van der Waals surface area (Å²) in [6.45, 7) is 0. The third-order valence-electron chi connectivity index (χ3n) is 4.18. The van der Waals surface area contributed by atoms with Crippen molar-refractivity contribution in [2.75, 3.05) is 12.4 Å². The minimum atomic E-state index is -4.47. The fraction of sp³-hybridized carbons (Fsp3) is 0.100. The average Bonchev–Trinajstić information content (AvgIpc) is 3.08. The number of halogens is 3. The highest BCUT2D eigenvalue weighted by atomic mass is 32.1. The number of methoxy groups -OCH3 is 1. The summed E-state index contributed by atoms with van der Waals surface area (Å²) in [5.74, 6) is 0.197. The predicted molar refractivity (Wildman–Crippen MR) is 103 cm³/mol. The standard InChI is InChI=1S/C20H13F3N2O2S/c1-27-15-6-5-11-7-12-8-17(28-19(12)25-16(11)10-15)18(26)24-14-4-2-3-13(9-14)20(21,22)23/h2-10H,1H3,(H,24,26). The van der Waals surface area contributed by atoms with Crippen molar-refractivity contribution < 1.29 is 22.7 Å². The molecule has 0 saturated heterocycles. The van der Waals surface area contributed by atoms with Gasteiger partial charge in [-0.05, 0) is 42.5 Å². The van der Waals surface area contributed by atoms with E-state index in [1.165, 1.54) is 23.5 Å². The highest BCUT2D eigenvalue weighted by Crippen LogP contribution is 2.32. The zero-order valence-corrected chi connectivity index (χ0v) is 15.3. The summed E-state index contributed by atoms with van der Waals surface area (Å²) in [7, 11) is 1.57. The first-order chi connectivity index (χ1) is 13.3. The molecular formula is C20H13F3N2O2S. The molecule has 0 aliphatic rings. The molecule has 8 heteroatoms. The summed E-state index contributed by atoms with van der Waals surface area (Å²) < 4.78 is 43.7. The molecule has 4 aromatic rings. The van der Waals surface area contributed by atoms with Gasteiger partial charge < -0.3 is 10.1 Å². The summed E-state index contributed by atoms with van der Waals surface area (Å²) in [6, 6.07) is 13.6. The van der Waals surface area contributed by atoms with E-state index in [0.29, 0.717) is 15.5 Å². The molecule has 0 aliphatic heterocycles. The number of hydrogen-bond acceptors (Lipinski definition) is 4. The number of hydrogen-bond donors (Lipinski definition) is 1. The molecule has 28 heavy (non-hydrogen) atoms. The molecule has 0 saturated carbocycles. The van der Waals surface area contributed by atoms with Crippen molar-refractivity contribution in [2.24, 2.45) is 0 Å². The molecule has 0 aliphatic carbocycles. The number of rotatable bonds is 3. The number of amides is 1. The molecule has 2 aromatic carbocycles. The summed E-state index contributed by atoms with van der Waals surface area (Å²) in [4.78, 5) is 18.1. The Bertz CT molecular complexity index is 1200. The normalized spacial score (nSPS) is 11.7. The van der Waals surface area contributed by atoms with Crippen LogP contribution in [-0.4, -0.2) is 18.0 Å². The summed E-state index contributed by atoms with van der Waals surface area (Å²) >= 11 is 1.18. The second kappa shape index (κ2) is 6.79. The van der Waals surface area contributed by atoms with Gasteiger partial charge in [0, 0.05) is 22.5 Å². The fourth-order valence-electron chi connectivity index (χ4n) is 2.81. The maximum absolute atomic E-state index is 12.8. The van der Waals surface area contributed by atoms with Crippen molar-refractivity contribution in [3.63, 3.8) is 0 Å². The third kappa shape index (κ3) is 3.50. The second-order valence-electron chi connectivity index (χ2n) is 6.08. The van der Waals surface area contributed by atoms with E-state index < -0.39 is 17.6 Å². The van der Waals surface area contributed by atoms with Gasteiger partial charge in [-0.15, -0.1) is 11.3 Å². The molecule has 1 N–H and O–H groups in total. The number of thiophene rings is 1. The molecule has 4 rings (SSSR count). The van der Waals surface area contributed by atoms with E-state index in [9.17, 15) is 18.0 Å². The van der Waals surface area contributed by atoms with Crippen LogP contribution in [0.4, 0.5) is 18.9 Å². The van der Waals surface area contributed by atoms with Crippen LogP contribution >= 0.6 is 11.3 Å². The van der Waals surface area contributed by atoms with Crippen LogP contribution in [0, 0.1) is 0 Å². The van der Waals surface area contributed by atoms with Crippen LogP contribution in [0.3, 0.4) is 0 Å². The van der Waals surface area contributed by atoms with Crippen LogP contribution in [0.15, 0.2) is 54.6 Å². The Morgan fingerprint density at radius 3 is 2.64 bits per heavy atom. The Morgan fingerprint density at radius 1 is 1.07 bits per heavy atom. The maximum atomic E-state index is 12.8. The smallest absolute Gasteiger partial charge is 0.416 e. The van der Waals surface area contributed by atoms with Crippen molar-refractivity contribution in [2.45, 2.75) is 6.18 Å². The number of nitrogens with one attached hydrogen (secondary N) is 1. The molecule has 2 heterocycles. The van der Waals surface area contributed by atoms with Gasteiger partial charge in [0.15, 0.2) is 0 Å². The van der Waals surface area contributed by atoms with Gasteiger partial charge in [0.2, 0.25) is 0 Å². The van der Waals surface area contributed by atoms with Crippen molar-refractivity contribution in [3.8, 4) is 5.75 Å². The van der Waals surface area contributed by atoms with Crippen molar-refractivity contribution in [1.29, 1.82) is 0 Å².